The zero-order valence-electron chi connectivity index (χ0n) is 17.8. The van der Waals surface area contributed by atoms with Gasteiger partial charge in [0.15, 0.2) is 0 Å². The zero-order chi connectivity index (χ0) is 23.1. The van der Waals surface area contributed by atoms with Gasteiger partial charge in [-0.2, -0.15) is 0 Å². The van der Waals surface area contributed by atoms with Crippen molar-refractivity contribution in [3.8, 4) is 5.75 Å². The third-order valence-corrected chi connectivity index (χ3v) is 6.48. The molecule has 0 unspecified atom stereocenters. The standard InChI is InChI=1S/C24H25BrN2O4S/c1-17(2)14-15-31-23-13-8-18(25)16-22(23)24(28)26-19-9-11-21(12-10-19)32(29,30)27-20-6-4-3-5-7-20/h3-13,16-17,27H,14-15H2,1-2H3,(H,26,28). The molecule has 0 spiro atoms. The molecule has 0 saturated heterocycles. The normalized spacial score (nSPS) is 11.2. The fourth-order valence-corrected chi connectivity index (χ4v) is 4.27. The maximum absolute atomic E-state index is 12.9. The molecule has 0 atom stereocenters. The molecule has 0 aliphatic heterocycles. The maximum Gasteiger partial charge on any atom is 0.261 e. The van der Waals surface area contributed by atoms with Crippen molar-refractivity contribution in [1.29, 1.82) is 0 Å². The molecule has 0 heterocycles. The minimum Gasteiger partial charge on any atom is -0.493 e. The Morgan fingerprint density at radius 2 is 1.66 bits per heavy atom. The highest BCUT2D eigenvalue weighted by Crippen LogP contribution is 2.25. The fraction of sp³-hybridized carbons (Fsp3) is 0.208. The predicted molar refractivity (Wildman–Crippen MR) is 131 cm³/mol. The van der Waals surface area contributed by atoms with Crippen LogP contribution in [0.3, 0.4) is 0 Å². The van der Waals surface area contributed by atoms with Gasteiger partial charge < -0.3 is 10.1 Å². The van der Waals surface area contributed by atoms with E-state index in [0.29, 0.717) is 35.2 Å². The van der Waals surface area contributed by atoms with Crippen LogP contribution >= 0.6 is 15.9 Å². The average molecular weight is 517 g/mol. The molecular weight excluding hydrogens is 492 g/mol. The summed E-state index contributed by atoms with van der Waals surface area (Å²) in [7, 11) is -3.73. The van der Waals surface area contributed by atoms with Gasteiger partial charge in [-0.3, -0.25) is 9.52 Å². The van der Waals surface area contributed by atoms with Crippen LogP contribution in [0, 0.1) is 5.92 Å². The van der Waals surface area contributed by atoms with Crippen LogP contribution in [0.4, 0.5) is 11.4 Å². The highest BCUT2D eigenvalue weighted by atomic mass is 79.9. The fourth-order valence-electron chi connectivity index (χ4n) is 2.85. The smallest absolute Gasteiger partial charge is 0.261 e. The summed E-state index contributed by atoms with van der Waals surface area (Å²) >= 11 is 3.39. The summed E-state index contributed by atoms with van der Waals surface area (Å²) in [6, 6.07) is 19.9. The van der Waals surface area contributed by atoms with E-state index in [1.54, 1.807) is 54.6 Å². The lowest BCUT2D eigenvalue weighted by Crippen LogP contribution is -2.15. The topological polar surface area (TPSA) is 84.5 Å². The number of carbonyl (C=O) groups is 1. The van der Waals surface area contributed by atoms with Crippen LogP contribution in [0.25, 0.3) is 0 Å². The molecule has 0 saturated carbocycles. The number of amides is 1. The van der Waals surface area contributed by atoms with Crippen molar-refractivity contribution in [2.75, 3.05) is 16.6 Å². The van der Waals surface area contributed by atoms with Gasteiger partial charge in [-0.25, -0.2) is 8.42 Å². The summed E-state index contributed by atoms with van der Waals surface area (Å²) < 4.78 is 34.2. The average Bonchev–Trinajstić information content (AvgIpc) is 2.75. The summed E-state index contributed by atoms with van der Waals surface area (Å²) in [4.78, 5) is 13.0. The third kappa shape index (κ3) is 6.58. The molecule has 3 aromatic rings. The first kappa shape index (κ1) is 23.8. The molecular formula is C24H25BrN2O4S. The number of sulfonamides is 1. The van der Waals surface area contributed by atoms with Crippen molar-refractivity contribution in [3.05, 3.63) is 82.8 Å². The molecule has 3 aromatic carbocycles. The Balaban J connectivity index is 1.71. The number of para-hydroxylation sites is 1. The van der Waals surface area contributed by atoms with Gasteiger partial charge in [-0.1, -0.05) is 48.0 Å². The number of carbonyl (C=O) groups excluding carboxylic acids is 1. The Bertz CT molecular complexity index is 1160. The molecule has 0 radical (unpaired) electrons. The quantitative estimate of drug-likeness (QED) is 0.369. The number of hydrogen-bond acceptors (Lipinski definition) is 4. The molecule has 168 valence electrons. The summed E-state index contributed by atoms with van der Waals surface area (Å²) in [5.74, 6) is 0.648. The van der Waals surface area contributed by atoms with Gasteiger partial charge in [0.25, 0.3) is 15.9 Å². The van der Waals surface area contributed by atoms with Crippen LogP contribution in [0.5, 0.6) is 5.75 Å². The number of benzene rings is 3. The van der Waals surface area contributed by atoms with Crippen LogP contribution < -0.4 is 14.8 Å². The van der Waals surface area contributed by atoms with E-state index in [9.17, 15) is 13.2 Å². The monoisotopic (exact) mass is 516 g/mol. The molecule has 0 aliphatic carbocycles. The van der Waals surface area contributed by atoms with Crippen LogP contribution in [-0.4, -0.2) is 20.9 Å². The largest absolute Gasteiger partial charge is 0.493 e. The first-order chi connectivity index (χ1) is 15.2. The molecule has 6 nitrogen and oxygen atoms in total. The Morgan fingerprint density at radius 1 is 0.969 bits per heavy atom. The SMILES string of the molecule is CC(C)CCOc1ccc(Br)cc1C(=O)Nc1ccc(S(=O)(=O)Nc2ccccc2)cc1. The van der Waals surface area contributed by atoms with Gasteiger partial charge in [0.1, 0.15) is 5.75 Å². The number of anilines is 2. The molecule has 0 aromatic heterocycles. The van der Waals surface area contributed by atoms with Crippen molar-refractivity contribution in [1.82, 2.24) is 0 Å². The summed E-state index contributed by atoms with van der Waals surface area (Å²) in [5, 5.41) is 2.80. The van der Waals surface area contributed by atoms with Gasteiger partial charge in [0, 0.05) is 15.8 Å². The lowest BCUT2D eigenvalue weighted by molar-refractivity contribution is 0.102. The summed E-state index contributed by atoms with van der Waals surface area (Å²) in [5.41, 5.74) is 1.34. The van der Waals surface area contributed by atoms with E-state index in [1.165, 1.54) is 12.1 Å². The van der Waals surface area contributed by atoms with Crippen LogP contribution in [0.2, 0.25) is 0 Å². The molecule has 0 aliphatic rings. The molecule has 8 heteroatoms. The maximum atomic E-state index is 12.9. The molecule has 0 bridgehead atoms. The Labute approximate surface area is 197 Å². The second-order valence-electron chi connectivity index (χ2n) is 7.62. The second kappa shape index (κ2) is 10.7. The van der Waals surface area contributed by atoms with Gasteiger partial charge in [0.2, 0.25) is 0 Å². The van der Waals surface area contributed by atoms with E-state index in [2.05, 4.69) is 39.8 Å². The van der Waals surface area contributed by atoms with E-state index < -0.39 is 10.0 Å². The predicted octanol–water partition coefficient (Wildman–Crippen LogP) is 5.93. The van der Waals surface area contributed by atoms with Crippen molar-refractivity contribution in [2.45, 2.75) is 25.2 Å². The highest BCUT2D eigenvalue weighted by Gasteiger charge is 2.16. The van der Waals surface area contributed by atoms with Crippen molar-refractivity contribution < 1.29 is 17.9 Å². The molecule has 0 fully saturated rings. The van der Waals surface area contributed by atoms with Crippen molar-refractivity contribution in [3.63, 3.8) is 0 Å². The Kier molecular flexibility index (Phi) is 7.93. The zero-order valence-corrected chi connectivity index (χ0v) is 20.2. The number of nitrogens with one attached hydrogen (secondary N) is 2. The van der Waals surface area contributed by atoms with E-state index in [1.807, 2.05) is 6.07 Å². The number of halogens is 1. The van der Waals surface area contributed by atoms with Gasteiger partial charge >= 0.3 is 0 Å². The summed E-state index contributed by atoms with van der Waals surface area (Å²) in [6.07, 6.45) is 0.879. The Hall–Kier alpha value is -2.84. The Morgan fingerprint density at radius 3 is 2.31 bits per heavy atom. The van der Waals surface area contributed by atoms with Crippen molar-refractivity contribution in [2.24, 2.45) is 5.92 Å². The van der Waals surface area contributed by atoms with E-state index >= 15 is 0 Å². The lowest BCUT2D eigenvalue weighted by atomic mass is 10.1. The highest BCUT2D eigenvalue weighted by molar-refractivity contribution is 9.10. The number of ether oxygens (including phenoxy) is 1. The van der Waals surface area contributed by atoms with Gasteiger partial charge in [-0.05, 0) is 66.9 Å². The molecule has 2 N–H and O–H groups in total. The van der Waals surface area contributed by atoms with E-state index in [0.717, 1.165) is 10.9 Å². The minimum absolute atomic E-state index is 0.0968. The number of hydrogen-bond donors (Lipinski definition) is 2. The third-order valence-electron chi connectivity index (χ3n) is 4.59. The van der Waals surface area contributed by atoms with Gasteiger partial charge in [-0.15, -0.1) is 0 Å². The van der Waals surface area contributed by atoms with Crippen molar-refractivity contribution >= 4 is 43.2 Å². The van der Waals surface area contributed by atoms with E-state index in [4.69, 9.17) is 4.74 Å². The molecule has 1 amide bonds. The van der Waals surface area contributed by atoms with E-state index in [-0.39, 0.29) is 10.8 Å². The summed E-state index contributed by atoms with van der Waals surface area (Å²) in [6.45, 7) is 4.73. The van der Waals surface area contributed by atoms with Crippen LogP contribution in [0.1, 0.15) is 30.6 Å². The molecule has 3 rings (SSSR count). The lowest BCUT2D eigenvalue weighted by Gasteiger charge is -2.13. The van der Waals surface area contributed by atoms with Crippen LogP contribution in [0.15, 0.2) is 82.2 Å². The number of rotatable bonds is 9. The van der Waals surface area contributed by atoms with Gasteiger partial charge in [0.05, 0.1) is 17.1 Å². The first-order valence-electron chi connectivity index (χ1n) is 10.2. The molecule has 32 heavy (non-hydrogen) atoms. The first-order valence-corrected chi connectivity index (χ1v) is 12.4. The minimum atomic E-state index is -3.73. The second-order valence-corrected chi connectivity index (χ2v) is 10.2. The van der Waals surface area contributed by atoms with Crippen LogP contribution in [-0.2, 0) is 10.0 Å².